The van der Waals surface area contributed by atoms with Gasteiger partial charge in [-0.3, -0.25) is 14.5 Å². The topological polar surface area (TPSA) is 46.6 Å². The third-order valence-corrected chi connectivity index (χ3v) is 7.59. The van der Waals surface area contributed by atoms with Crippen LogP contribution in [0.1, 0.15) is 56.1 Å². The number of anilines is 2. The number of hydrogen-bond donors (Lipinski definition) is 0. The van der Waals surface area contributed by atoms with Crippen molar-refractivity contribution in [2.45, 2.75) is 57.8 Å². The highest BCUT2D eigenvalue weighted by Gasteiger charge is 2.39. The normalized spacial score (nSPS) is 24.9. The Hall–Kier alpha value is -2.62. The molecule has 3 aliphatic rings. The van der Waals surface area contributed by atoms with Crippen LogP contribution in [-0.4, -0.2) is 18.5 Å². The van der Waals surface area contributed by atoms with Gasteiger partial charge in [-0.15, -0.1) is 0 Å². The fraction of sp³-hybridized carbons (Fsp3) is 0.481. The summed E-state index contributed by atoms with van der Waals surface area (Å²) in [5, 5.41) is 0. The SMILES string of the molecule is O=C(OCC(=O)N1c2ccccc2CCc2ccccc21)C1CCCC2CCCCC21. The quantitative estimate of drug-likeness (QED) is 0.611. The molecule has 1 heterocycles. The van der Waals surface area contributed by atoms with E-state index in [-0.39, 0.29) is 24.4 Å². The first-order chi connectivity index (χ1) is 15.2. The van der Waals surface area contributed by atoms with Crippen LogP contribution in [0.4, 0.5) is 11.4 Å². The fourth-order valence-electron chi connectivity index (χ4n) is 6.08. The highest BCUT2D eigenvalue weighted by atomic mass is 16.5. The Labute approximate surface area is 184 Å². The summed E-state index contributed by atoms with van der Waals surface area (Å²) in [7, 11) is 0. The van der Waals surface area contributed by atoms with Crippen molar-refractivity contribution in [1.82, 2.24) is 0 Å². The summed E-state index contributed by atoms with van der Waals surface area (Å²) in [6, 6.07) is 16.1. The minimum atomic E-state index is -0.199. The van der Waals surface area contributed by atoms with Crippen LogP contribution in [0.5, 0.6) is 0 Å². The van der Waals surface area contributed by atoms with Crippen molar-refractivity contribution in [3.05, 3.63) is 59.7 Å². The molecule has 1 aliphatic heterocycles. The third kappa shape index (κ3) is 4.00. The molecular formula is C27H31NO3. The molecule has 3 unspecified atom stereocenters. The third-order valence-electron chi connectivity index (χ3n) is 7.59. The number of para-hydroxylation sites is 2. The lowest BCUT2D eigenvalue weighted by atomic mass is 9.65. The van der Waals surface area contributed by atoms with Gasteiger partial charge in [0.1, 0.15) is 0 Å². The second-order valence-corrected chi connectivity index (χ2v) is 9.34. The molecule has 2 saturated carbocycles. The Kier molecular flexibility index (Phi) is 5.80. The van der Waals surface area contributed by atoms with Crippen molar-refractivity contribution >= 4 is 23.3 Å². The average molecular weight is 418 g/mol. The summed E-state index contributed by atoms with van der Waals surface area (Å²) in [5.74, 6) is 0.743. The first-order valence-electron chi connectivity index (χ1n) is 11.9. The molecule has 2 aromatic carbocycles. The zero-order valence-corrected chi connectivity index (χ0v) is 18.1. The van der Waals surface area contributed by atoms with Crippen molar-refractivity contribution < 1.29 is 14.3 Å². The van der Waals surface area contributed by atoms with E-state index in [0.717, 1.165) is 54.6 Å². The van der Waals surface area contributed by atoms with E-state index in [9.17, 15) is 9.59 Å². The van der Waals surface area contributed by atoms with Crippen LogP contribution < -0.4 is 4.90 Å². The fourth-order valence-corrected chi connectivity index (χ4v) is 6.08. The molecule has 2 aliphatic carbocycles. The van der Waals surface area contributed by atoms with Crippen LogP contribution in [0.25, 0.3) is 0 Å². The molecule has 5 rings (SSSR count). The summed E-state index contributed by atoms with van der Waals surface area (Å²) in [4.78, 5) is 28.2. The summed E-state index contributed by atoms with van der Waals surface area (Å²) in [6.45, 7) is -0.199. The molecule has 0 spiro atoms. The van der Waals surface area contributed by atoms with E-state index >= 15 is 0 Å². The van der Waals surface area contributed by atoms with Gasteiger partial charge in [0.25, 0.3) is 5.91 Å². The number of amides is 1. The van der Waals surface area contributed by atoms with E-state index in [4.69, 9.17) is 4.74 Å². The van der Waals surface area contributed by atoms with Crippen LogP contribution in [0.2, 0.25) is 0 Å². The van der Waals surface area contributed by atoms with Crippen molar-refractivity contribution in [2.24, 2.45) is 17.8 Å². The maximum absolute atomic E-state index is 13.4. The second-order valence-electron chi connectivity index (χ2n) is 9.34. The van der Waals surface area contributed by atoms with Crippen molar-refractivity contribution in [3.63, 3.8) is 0 Å². The molecular weight excluding hydrogens is 386 g/mol. The molecule has 4 heteroatoms. The van der Waals surface area contributed by atoms with Crippen LogP contribution >= 0.6 is 0 Å². The molecule has 4 nitrogen and oxygen atoms in total. The number of benzene rings is 2. The number of esters is 1. The van der Waals surface area contributed by atoms with Gasteiger partial charge in [-0.1, -0.05) is 68.5 Å². The van der Waals surface area contributed by atoms with Gasteiger partial charge in [0.2, 0.25) is 0 Å². The van der Waals surface area contributed by atoms with Crippen LogP contribution in [0.15, 0.2) is 48.5 Å². The number of fused-ring (bicyclic) bond motifs is 3. The Morgan fingerprint density at radius 2 is 1.42 bits per heavy atom. The predicted molar refractivity (Wildman–Crippen MR) is 121 cm³/mol. The van der Waals surface area contributed by atoms with Gasteiger partial charge in [-0.25, -0.2) is 0 Å². The molecule has 0 N–H and O–H groups in total. The first-order valence-corrected chi connectivity index (χ1v) is 11.9. The summed E-state index contributed by atoms with van der Waals surface area (Å²) < 4.78 is 5.69. The van der Waals surface area contributed by atoms with Crippen LogP contribution in [0.3, 0.4) is 0 Å². The predicted octanol–water partition coefficient (Wildman–Crippen LogP) is 5.60. The molecule has 1 amide bonds. The molecule has 3 atom stereocenters. The van der Waals surface area contributed by atoms with Gasteiger partial charge in [0, 0.05) is 0 Å². The van der Waals surface area contributed by atoms with Gasteiger partial charge in [0.15, 0.2) is 6.61 Å². The zero-order valence-electron chi connectivity index (χ0n) is 18.1. The maximum Gasteiger partial charge on any atom is 0.309 e. The van der Waals surface area contributed by atoms with E-state index in [2.05, 4.69) is 12.1 Å². The van der Waals surface area contributed by atoms with Crippen LogP contribution in [-0.2, 0) is 27.2 Å². The minimum absolute atomic E-state index is 0.0319. The van der Waals surface area contributed by atoms with Gasteiger partial charge >= 0.3 is 5.97 Å². The molecule has 0 aromatic heterocycles. The zero-order chi connectivity index (χ0) is 21.2. The Morgan fingerprint density at radius 1 is 0.806 bits per heavy atom. The highest BCUT2D eigenvalue weighted by molar-refractivity contribution is 6.03. The van der Waals surface area contributed by atoms with E-state index in [1.54, 1.807) is 4.90 Å². The van der Waals surface area contributed by atoms with Crippen molar-refractivity contribution in [1.29, 1.82) is 0 Å². The van der Waals surface area contributed by atoms with E-state index < -0.39 is 0 Å². The lowest BCUT2D eigenvalue weighted by Crippen LogP contribution is -2.38. The number of carbonyl (C=O) groups is 2. The minimum Gasteiger partial charge on any atom is -0.455 e. The second kappa shape index (κ2) is 8.86. The number of carbonyl (C=O) groups excluding carboxylic acids is 2. The lowest BCUT2D eigenvalue weighted by Gasteiger charge is -2.40. The summed E-state index contributed by atoms with van der Waals surface area (Å²) in [5.41, 5.74) is 4.10. The molecule has 0 radical (unpaired) electrons. The Balaban J connectivity index is 1.34. The van der Waals surface area contributed by atoms with E-state index in [1.165, 1.54) is 25.7 Å². The van der Waals surface area contributed by atoms with E-state index in [1.807, 2.05) is 36.4 Å². The Bertz CT molecular complexity index is 919. The average Bonchev–Trinajstić information content (AvgIpc) is 2.99. The van der Waals surface area contributed by atoms with Crippen molar-refractivity contribution in [3.8, 4) is 0 Å². The smallest absolute Gasteiger partial charge is 0.309 e. The molecule has 2 fully saturated rings. The standard InChI is InChI=1S/C27H31NO3/c29-26(18-31-27(30)23-13-7-11-19-8-1-4-12-22(19)23)28-24-14-5-2-9-20(24)16-17-21-10-3-6-15-25(21)28/h2-3,5-6,9-10,14-15,19,22-23H,1,4,7-8,11-13,16-18H2. The van der Waals surface area contributed by atoms with Gasteiger partial charge < -0.3 is 4.74 Å². The van der Waals surface area contributed by atoms with E-state index in [0.29, 0.717) is 11.8 Å². The van der Waals surface area contributed by atoms with Gasteiger partial charge in [0.05, 0.1) is 17.3 Å². The number of aryl methyl sites for hydroxylation is 2. The molecule has 31 heavy (non-hydrogen) atoms. The Morgan fingerprint density at radius 3 is 2.13 bits per heavy atom. The monoisotopic (exact) mass is 417 g/mol. The number of rotatable bonds is 3. The van der Waals surface area contributed by atoms with Crippen molar-refractivity contribution in [2.75, 3.05) is 11.5 Å². The number of hydrogen-bond acceptors (Lipinski definition) is 3. The molecule has 0 saturated heterocycles. The largest absolute Gasteiger partial charge is 0.455 e. The van der Waals surface area contributed by atoms with Gasteiger partial charge in [-0.05, 0) is 60.8 Å². The van der Waals surface area contributed by atoms with Crippen LogP contribution in [0, 0.1) is 17.8 Å². The number of ether oxygens (including phenoxy) is 1. The number of nitrogens with zero attached hydrogens (tertiary/aromatic N) is 1. The maximum atomic E-state index is 13.4. The lowest BCUT2D eigenvalue weighted by molar-refractivity contribution is -0.156. The molecule has 0 bridgehead atoms. The summed E-state index contributed by atoms with van der Waals surface area (Å²) in [6.07, 6.45) is 9.91. The summed E-state index contributed by atoms with van der Waals surface area (Å²) >= 11 is 0. The molecule has 2 aromatic rings. The first kappa shape index (κ1) is 20.3. The van der Waals surface area contributed by atoms with Gasteiger partial charge in [-0.2, -0.15) is 0 Å². The highest BCUT2D eigenvalue weighted by Crippen LogP contribution is 2.44. The molecule has 162 valence electrons.